The molecule has 2 aromatic carbocycles. The molecule has 1 nitrogen and oxygen atoms in total. The third-order valence-corrected chi connectivity index (χ3v) is 3.65. The van der Waals surface area contributed by atoms with Gasteiger partial charge in [-0.2, -0.15) is 0 Å². The Kier molecular flexibility index (Phi) is 4.77. The first-order chi connectivity index (χ1) is 8.83. The molecule has 0 spiro atoms. The normalized spacial score (nSPS) is 11.3. The van der Waals surface area contributed by atoms with Crippen molar-refractivity contribution in [2.45, 2.75) is 26.7 Å². The first kappa shape index (κ1) is 13.1. The average molecular weight is 241 g/mol. The zero-order valence-electron chi connectivity index (χ0n) is 11.5. The number of benzene rings is 2. The summed E-state index contributed by atoms with van der Waals surface area (Å²) < 4.78 is 0. The van der Waals surface area contributed by atoms with Crippen LogP contribution in [0.3, 0.4) is 0 Å². The fraction of sp³-hybridized carbons (Fsp3) is 0.412. The van der Waals surface area contributed by atoms with Gasteiger partial charge in [0, 0.05) is 0 Å². The maximum atomic E-state index is 2.49. The van der Waals surface area contributed by atoms with Gasteiger partial charge >= 0.3 is 0 Å². The highest BCUT2D eigenvalue weighted by Gasteiger charge is 2.00. The molecule has 0 bridgehead atoms. The third kappa shape index (κ3) is 3.33. The minimum atomic E-state index is 1.16. The number of hydrogen-bond acceptors (Lipinski definition) is 1. The highest BCUT2D eigenvalue weighted by Crippen LogP contribution is 2.16. The molecule has 0 amide bonds. The molecule has 18 heavy (non-hydrogen) atoms. The van der Waals surface area contributed by atoms with Gasteiger partial charge in [-0.15, -0.1) is 0 Å². The van der Waals surface area contributed by atoms with Crippen molar-refractivity contribution in [3.05, 3.63) is 48.0 Å². The molecular formula is C17H23N. The highest BCUT2D eigenvalue weighted by molar-refractivity contribution is 5.82. The van der Waals surface area contributed by atoms with E-state index >= 15 is 0 Å². The molecule has 0 aliphatic rings. The monoisotopic (exact) mass is 241 g/mol. The zero-order valence-corrected chi connectivity index (χ0v) is 11.5. The summed E-state index contributed by atoms with van der Waals surface area (Å²) in [5.41, 5.74) is 1.46. The van der Waals surface area contributed by atoms with Crippen LogP contribution < -0.4 is 0 Å². The Bertz CT molecular complexity index is 486. The molecule has 0 unspecified atom stereocenters. The van der Waals surface area contributed by atoms with Crippen LogP contribution >= 0.6 is 0 Å². The maximum Gasteiger partial charge on any atom is -0.00158 e. The predicted molar refractivity (Wildman–Crippen MR) is 80.1 cm³/mol. The van der Waals surface area contributed by atoms with E-state index in [0.29, 0.717) is 0 Å². The van der Waals surface area contributed by atoms with Gasteiger partial charge < -0.3 is 4.90 Å². The van der Waals surface area contributed by atoms with Crippen molar-refractivity contribution in [1.29, 1.82) is 0 Å². The van der Waals surface area contributed by atoms with E-state index < -0.39 is 0 Å². The van der Waals surface area contributed by atoms with Crippen LogP contribution in [0.2, 0.25) is 0 Å². The molecule has 0 aliphatic heterocycles. The molecule has 0 aromatic heterocycles. The first-order valence-corrected chi connectivity index (χ1v) is 7.03. The molecule has 96 valence electrons. The summed E-state index contributed by atoms with van der Waals surface area (Å²) in [6.07, 6.45) is 2.43. The second-order valence-corrected chi connectivity index (χ2v) is 4.81. The van der Waals surface area contributed by atoms with Gasteiger partial charge in [-0.25, -0.2) is 0 Å². The van der Waals surface area contributed by atoms with Crippen LogP contribution in [0.15, 0.2) is 42.5 Å². The number of fused-ring (bicyclic) bond motifs is 1. The quantitative estimate of drug-likeness (QED) is 0.735. The van der Waals surface area contributed by atoms with Gasteiger partial charge in [-0.1, -0.05) is 56.3 Å². The van der Waals surface area contributed by atoms with E-state index in [0.717, 1.165) is 13.1 Å². The number of rotatable bonds is 6. The van der Waals surface area contributed by atoms with Crippen LogP contribution in [0.25, 0.3) is 10.8 Å². The van der Waals surface area contributed by atoms with Gasteiger partial charge in [0.2, 0.25) is 0 Å². The van der Waals surface area contributed by atoms with E-state index in [-0.39, 0.29) is 0 Å². The van der Waals surface area contributed by atoms with E-state index in [1.54, 1.807) is 0 Å². The highest BCUT2D eigenvalue weighted by atomic mass is 15.1. The minimum absolute atomic E-state index is 1.16. The molecule has 0 atom stereocenters. The van der Waals surface area contributed by atoms with E-state index in [9.17, 15) is 0 Å². The molecule has 2 rings (SSSR count). The van der Waals surface area contributed by atoms with E-state index in [1.165, 1.54) is 35.7 Å². The second kappa shape index (κ2) is 6.55. The average Bonchev–Trinajstić information content (AvgIpc) is 2.43. The lowest BCUT2D eigenvalue weighted by molar-refractivity contribution is 0.300. The summed E-state index contributed by atoms with van der Waals surface area (Å²) in [5.74, 6) is 0. The summed E-state index contributed by atoms with van der Waals surface area (Å²) in [5, 5.41) is 2.70. The van der Waals surface area contributed by atoms with E-state index in [2.05, 4.69) is 61.2 Å². The van der Waals surface area contributed by atoms with Gasteiger partial charge in [0.25, 0.3) is 0 Å². The van der Waals surface area contributed by atoms with Crippen molar-refractivity contribution < 1.29 is 0 Å². The summed E-state index contributed by atoms with van der Waals surface area (Å²) >= 11 is 0. The Morgan fingerprint density at radius 1 is 0.889 bits per heavy atom. The summed E-state index contributed by atoms with van der Waals surface area (Å²) in [6.45, 7) is 8.00. The number of nitrogens with zero attached hydrogens (tertiary/aromatic N) is 1. The summed E-state index contributed by atoms with van der Waals surface area (Å²) in [7, 11) is 0. The summed E-state index contributed by atoms with van der Waals surface area (Å²) in [4.78, 5) is 2.49. The van der Waals surface area contributed by atoms with Crippen LogP contribution in [0.5, 0.6) is 0 Å². The van der Waals surface area contributed by atoms with Crippen molar-refractivity contribution in [3.63, 3.8) is 0 Å². The molecule has 0 N–H and O–H groups in total. The van der Waals surface area contributed by atoms with Gasteiger partial charge in [0.1, 0.15) is 0 Å². The third-order valence-electron chi connectivity index (χ3n) is 3.65. The van der Waals surface area contributed by atoms with Crippen LogP contribution in [-0.2, 0) is 6.42 Å². The number of hydrogen-bond donors (Lipinski definition) is 0. The zero-order chi connectivity index (χ0) is 12.8. The predicted octanol–water partition coefficient (Wildman–Crippen LogP) is 4.11. The lowest BCUT2D eigenvalue weighted by atomic mass is 10.0. The van der Waals surface area contributed by atoms with Gasteiger partial charge in [0.05, 0.1) is 0 Å². The van der Waals surface area contributed by atoms with Crippen molar-refractivity contribution in [3.8, 4) is 0 Å². The Hall–Kier alpha value is -1.34. The van der Waals surface area contributed by atoms with Crippen molar-refractivity contribution in [1.82, 2.24) is 4.90 Å². The Morgan fingerprint density at radius 3 is 2.33 bits per heavy atom. The molecule has 0 radical (unpaired) electrons. The smallest absolute Gasteiger partial charge is 0.00158 e. The minimum Gasteiger partial charge on any atom is -0.304 e. The molecular weight excluding hydrogens is 218 g/mol. The van der Waals surface area contributed by atoms with Crippen molar-refractivity contribution in [2.75, 3.05) is 19.6 Å². The standard InChI is InChI=1S/C17H23N/c1-3-18(4-2)13-7-8-15-11-12-16-9-5-6-10-17(16)14-15/h5-6,9-12,14H,3-4,7-8,13H2,1-2H3. The topological polar surface area (TPSA) is 3.24 Å². The fourth-order valence-corrected chi connectivity index (χ4v) is 2.44. The van der Waals surface area contributed by atoms with Crippen molar-refractivity contribution >= 4 is 10.8 Å². The van der Waals surface area contributed by atoms with Gasteiger partial charge in [-0.05, 0) is 48.8 Å². The molecule has 0 heterocycles. The van der Waals surface area contributed by atoms with Gasteiger partial charge in [-0.3, -0.25) is 0 Å². The first-order valence-electron chi connectivity index (χ1n) is 7.03. The lowest BCUT2D eigenvalue weighted by Gasteiger charge is -2.17. The summed E-state index contributed by atoms with van der Waals surface area (Å²) in [6, 6.07) is 15.4. The Labute approximate surface area is 110 Å². The van der Waals surface area contributed by atoms with E-state index in [4.69, 9.17) is 0 Å². The van der Waals surface area contributed by atoms with Crippen LogP contribution in [0.4, 0.5) is 0 Å². The molecule has 0 saturated carbocycles. The van der Waals surface area contributed by atoms with Crippen LogP contribution in [0.1, 0.15) is 25.8 Å². The molecule has 0 aliphatic carbocycles. The lowest BCUT2D eigenvalue weighted by Crippen LogP contribution is -2.24. The molecule has 0 saturated heterocycles. The second-order valence-electron chi connectivity index (χ2n) is 4.81. The molecule has 2 aromatic rings. The molecule has 1 heteroatoms. The van der Waals surface area contributed by atoms with Crippen LogP contribution in [0, 0.1) is 0 Å². The van der Waals surface area contributed by atoms with Crippen LogP contribution in [-0.4, -0.2) is 24.5 Å². The fourth-order valence-electron chi connectivity index (χ4n) is 2.44. The molecule has 0 fully saturated rings. The Balaban J connectivity index is 1.95. The van der Waals surface area contributed by atoms with Crippen molar-refractivity contribution in [2.24, 2.45) is 0 Å². The Morgan fingerprint density at radius 2 is 1.61 bits per heavy atom. The SMILES string of the molecule is CCN(CC)CCCc1ccc2ccccc2c1. The number of aryl methyl sites for hydroxylation is 1. The maximum absolute atomic E-state index is 2.49. The van der Waals surface area contributed by atoms with Gasteiger partial charge in [0.15, 0.2) is 0 Å². The van der Waals surface area contributed by atoms with E-state index in [1.807, 2.05) is 0 Å². The largest absolute Gasteiger partial charge is 0.304 e.